The van der Waals surface area contributed by atoms with Crippen LogP contribution in [0.25, 0.3) is 0 Å². The van der Waals surface area contributed by atoms with Crippen molar-refractivity contribution in [3.05, 3.63) is 0 Å². The number of amides is 4. The molecule has 10 saturated heterocycles. The number of rotatable bonds is 23. The van der Waals surface area contributed by atoms with E-state index < -0.39 is 232 Å². The monoisotopic (exact) mass is 1780 g/mol. The molecule has 0 unspecified atom stereocenters. The zero-order valence-electron chi connectivity index (χ0n) is 80.2. The van der Waals surface area contributed by atoms with Crippen LogP contribution in [-0.2, 0) is 124 Å². The van der Waals surface area contributed by atoms with E-state index in [4.69, 9.17) is 90.0 Å². The summed E-state index contributed by atoms with van der Waals surface area (Å²) in [6.07, 6.45) is -12.7. The van der Waals surface area contributed by atoms with E-state index in [0.29, 0.717) is 39.1 Å². The second-order valence-corrected chi connectivity index (χ2v) is 38.8. The highest BCUT2D eigenvalue weighted by Gasteiger charge is 2.71. The second kappa shape index (κ2) is 40.7. The quantitative estimate of drug-likeness (QED) is 0.0507. The summed E-state index contributed by atoms with van der Waals surface area (Å²) in [4.78, 5) is 132. The molecule has 35 nitrogen and oxygen atoms in total. The number of ketones is 2. The van der Waals surface area contributed by atoms with Gasteiger partial charge in [-0.2, -0.15) is 0 Å². The van der Waals surface area contributed by atoms with Crippen molar-refractivity contribution < 1.29 is 138 Å². The van der Waals surface area contributed by atoms with Crippen LogP contribution in [0.1, 0.15) is 211 Å². The Labute approximate surface area is 740 Å². The summed E-state index contributed by atoms with van der Waals surface area (Å²) in [7, 11) is 13.9. The third-order valence-electron chi connectivity index (χ3n) is 29.7. The maximum atomic E-state index is 14.9. The lowest BCUT2D eigenvalue weighted by Crippen LogP contribution is -2.62. The van der Waals surface area contributed by atoms with Crippen molar-refractivity contribution in [2.24, 2.45) is 47.3 Å². The van der Waals surface area contributed by atoms with Crippen LogP contribution in [0.15, 0.2) is 0 Å². The molecule has 35 heteroatoms. The lowest BCUT2D eigenvalue weighted by molar-refractivity contribution is -0.317. The number of cyclic esters (lactones) is 2. The first-order valence-corrected chi connectivity index (χ1v) is 45.3. The summed E-state index contributed by atoms with van der Waals surface area (Å²) in [5, 5.41) is 17.2. The molecule has 4 amide bonds. The fourth-order valence-electron chi connectivity index (χ4n) is 22.0. The largest absolute Gasteiger partial charge is 0.458 e. The number of carbonyl (C=O) groups is 9. The molecular formula is C90H152N6O29. The maximum Gasteiger partial charge on any atom is 0.411 e. The van der Waals surface area contributed by atoms with Crippen molar-refractivity contribution in [3.63, 3.8) is 0 Å². The highest BCUT2D eigenvalue weighted by molar-refractivity contribution is 5.89. The molecule has 10 aliphatic rings. The summed E-state index contributed by atoms with van der Waals surface area (Å²) >= 11 is 0. The van der Waals surface area contributed by atoms with Crippen molar-refractivity contribution in [3.8, 4) is 0 Å². The number of carbonyl (C=O) groups excluding carboxylic acids is 9. The van der Waals surface area contributed by atoms with Crippen LogP contribution in [0, 0.1) is 47.3 Å². The second-order valence-electron chi connectivity index (χ2n) is 38.8. The normalized spacial score (nSPS) is 45.3. The average molecular weight is 1780 g/mol. The fourth-order valence-corrected chi connectivity index (χ4v) is 22.0. The van der Waals surface area contributed by atoms with Crippen LogP contribution < -0.4 is 10.6 Å². The smallest absolute Gasteiger partial charge is 0.411 e. The number of esters is 3. The summed E-state index contributed by atoms with van der Waals surface area (Å²) in [6.45, 7) is 42.1. The highest BCUT2D eigenvalue weighted by Crippen LogP contribution is 2.55. The third-order valence-corrected chi connectivity index (χ3v) is 29.7. The minimum absolute atomic E-state index is 0.0924. The number of epoxide rings is 2. The molecule has 10 rings (SSSR count). The molecule has 0 bridgehead atoms. The fraction of sp³-hybridized carbons (Fsp3) is 0.900. The summed E-state index contributed by atoms with van der Waals surface area (Å²) in [6, 6.07) is -2.58. The first-order chi connectivity index (χ1) is 58.3. The highest BCUT2D eigenvalue weighted by atomic mass is 16.8. The number of nitrogens with one attached hydrogen (secondary N) is 2. The lowest BCUT2D eigenvalue weighted by atomic mass is 9.73. The van der Waals surface area contributed by atoms with E-state index in [1.807, 2.05) is 114 Å². The Morgan fingerprint density at radius 2 is 0.848 bits per heavy atom. The van der Waals surface area contributed by atoms with E-state index in [2.05, 4.69) is 10.6 Å². The van der Waals surface area contributed by atoms with Gasteiger partial charge in [-0.1, -0.05) is 55.4 Å². The van der Waals surface area contributed by atoms with Gasteiger partial charge in [-0.25, -0.2) is 9.59 Å². The van der Waals surface area contributed by atoms with E-state index in [9.17, 15) is 48.3 Å². The van der Waals surface area contributed by atoms with Gasteiger partial charge in [0.2, 0.25) is 11.8 Å². The van der Waals surface area contributed by atoms with E-state index >= 15 is 0 Å². The molecule has 10 fully saturated rings. The van der Waals surface area contributed by atoms with E-state index in [1.165, 1.54) is 30.9 Å². The van der Waals surface area contributed by atoms with Gasteiger partial charge in [0.15, 0.2) is 42.5 Å². The number of fused-ring (bicyclic) bond motifs is 2. The van der Waals surface area contributed by atoms with Crippen LogP contribution in [0.4, 0.5) is 9.59 Å². The Kier molecular flexibility index (Phi) is 33.6. The van der Waals surface area contributed by atoms with Crippen molar-refractivity contribution in [1.82, 2.24) is 30.2 Å². The van der Waals surface area contributed by atoms with Crippen LogP contribution >= 0.6 is 0 Å². The first kappa shape index (κ1) is 103. The van der Waals surface area contributed by atoms with Crippen molar-refractivity contribution >= 4 is 53.5 Å². The Balaban J connectivity index is 0.000000283. The van der Waals surface area contributed by atoms with Crippen molar-refractivity contribution in [2.75, 3.05) is 96.0 Å². The predicted molar refractivity (Wildman–Crippen MR) is 452 cm³/mol. The van der Waals surface area contributed by atoms with Gasteiger partial charge in [0.1, 0.15) is 65.4 Å². The van der Waals surface area contributed by atoms with Gasteiger partial charge >= 0.3 is 30.1 Å². The van der Waals surface area contributed by atoms with Gasteiger partial charge in [-0.15, -0.1) is 0 Å². The lowest BCUT2D eigenvalue weighted by Gasteiger charge is -2.50. The third kappa shape index (κ3) is 20.8. The molecule has 0 aromatic heterocycles. The van der Waals surface area contributed by atoms with Crippen LogP contribution in [-0.4, -0.2) is 342 Å². The molecule has 10 aliphatic heterocycles. The zero-order chi connectivity index (χ0) is 93.4. The van der Waals surface area contributed by atoms with Crippen LogP contribution in [0.5, 0.6) is 0 Å². The van der Waals surface area contributed by atoms with Crippen molar-refractivity contribution in [2.45, 2.75) is 378 Å². The minimum atomic E-state index is -1.55. The van der Waals surface area contributed by atoms with E-state index in [1.54, 1.807) is 90.4 Å². The predicted octanol–water partition coefficient (Wildman–Crippen LogP) is 7.47. The van der Waals surface area contributed by atoms with Gasteiger partial charge in [0.25, 0.3) is 0 Å². The van der Waals surface area contributed by atoms with Gasteiger partial charge in [-0.05, 0) is 164 Å². The Hall–Kier alpha value is -5.45. The minimum Gasteiger partial charge on any atom is -0.458 e. The van der Waals surface area contributed by atoms with Gasteiger partial charge in [0, 0.05) is 103 Å². The summed E-state index contributed by atoms with van der Waals surface area (Å²) in [5.41, 5.74) is -8.57. The summed E-state index contributed by atoms with van der Waals surface area (Å²) in [5.74, 6) is -9.82. The molecular weight excluding hydrogens is 1630 g/mol. The molecule has 10 heterocycles. The van der Waals surface area contributed by atoms with Crippen LogP contribution in [0.3, 0.4) is 0 Å². The topological polar surface area (TPSA) is 393 Å². The molecule has 2 spiro atoms. The van der Waals surface area contributed by atoms with Crippen molar-refractivity contribution in [1.29, 1.82) is 0 Å². The number of methoxy groups -OCH3 is 4. The first-order valence-electron chi connectivity index (χ1n) is 45.3. The number of nitrogens with zero attached hydrogens (tertiary/aromatic N) is 4. The average Bonchev–Trinajstić information content (AvgIpc) is 1.56. The Bertz CT molecular complexity index is 3740. The van der Waals surface area contributed by atoms with Crippen LogP contribution in [0.2, 0.25) is 0 Å². The Morgan fingerprint density at radius 1 is 0.488 bits per heavy atom. The van der Waals surface area contributed by atoms with Gasteiger partial charge in [0.05, 0.1) is 103 Å². The molecule has 716 valence electrons. The summed E-state index contributed by atoms with van der Waals surface area (Å²) < 4.78 is 122. The zero-order valence-corrected chi connectivity index (χ0v) is 80.2. The number of aliphatic hydroxyl groups excluding tert-OH is 1. The molecule has 36 atom stereocenters. The molecule has 3 N–H and O–H groups in total. The standard InChI is InChI=1S/C46H77N3O15.C44H75N3O14/c1-17-32-45(12)38(49(42(54)64-45)22-33(51)47-18-2)26(5)35(52)24(3)20-43(10,55-15)39(63-41-37(60-30(9)50)31(48(13)14)19-25(4)58-41)27(6)36(28(7)40(53)61-32)62-34-21-44(11,56-16)46(23-57-46)29(8)59-34;1-16-30-43(11)36(47(40(52)61-43)21-31(48)45-17-2)25(5)33(49)23(3)19-41(9,53-14)37(60-39-34(50)29(46(12)13)18-24(4)56-39)26(6)35(27(7)38(51)58-30)59-32-20-42(10,54-15)44(22-55-44)28(8)57-32/h24-29,31-32,34,36-39,41H,17-23H2,1-16H3,(H,47,51);23-30,32,34-37,39,50H,16-22H2,1-15H3,(H,45,48)/t24-,25-,26+,27+,28-,29+,31+,32-,34+,36+,37-,38-,39-,41+,43+,44-,45-,46-;23-,24-,25+,26+,27-,28+,29+,30-,32+,34-,35+,36-,37-,39+,41+,42-,43-,44-/m11/s1. The molecule has 0 aromatic rings. The number of likely N-dealkylation sites (N-methyl/N-ethyl adjacent to an activating group) is 4. The molecule has 0 radical (unpaired) electrons. The molecule has 0 aliphatic carbocycles. The Morgan fingerprint density at radius 3 is 1.18 bits per heavy atom. The number of hydrogen-bond donors (Lipinski definition) is 3. The SMILES string of the molecule is CCNC(=O)CN1C(=O)O[C@]2(C)[C@@H](CC)OC(=O)[C@H](C)[C@@H](O[C@H]3C[C@@](C)(OC)[C@@]4(CO4)[C@H](C)O3)[C@H](C)[C@@H](O[C@@H]3O[C@H](C)C[C@H](N(C)C)[C@H]3O)[C@@](C)(OC)C[C@@H](C)C(=O)[C@H](C)[C@@H]12.CCNC(=O)CN1C(=O)O[C@]2(C)[C@@H](CC)OC(=O)[C@H](C)[C@@H](O[C@H]3C[C@@](C)(OC)[C@@]4(CO4)[C@H](C)O3)[C@H](C)[C@@H](O[C@@H]3O[C@H](C)C[C@H](N(C)C)[C@H]3OC(C)=O)[C@@](C)(OC)C[C@@H](C)C(=O)[C@H](C)[C@@H]12. The number of ether oxygens (including phenoxy) is 19. The van der Waals surface area contributed by atoms with Gasteiger partial charge < -0.3 is 116 Å². The number of hydrogen-bond acceptors (Lipinski definition) is 31. The van der Waals surface area contributed by atoms with E-state index in [-0.39, 0.29) is 87.5 Å². The van der Waals surface area contributed by atoms with Gasteiger partial charge in [-0.3, -0.25) is 43.4 Å². The maximum absolute atomic E-state index is 14.9. The molecule has 0 aromatic carbocycles. The molecule has 0 saturated carbocycles. The number of aliphatic hydroxyl groups is 1. The molecule has 125 heavy (non-hydrogen) atoms. The number of Topliss-reactive ketones (excluding diaryl/α,β-unsaturated/α-hetero) is 2. The van der Waals surface area contributed by atoms with E-state index in [0.717, 1.165) is 0 Å².